The highest BCUT2D eigenvalue weighted by molar-refractivity contribution is 7.11. The number of nitriles is 1. The van der Waals surface area contributed by atoms with E-state index in [1.165, 1.54) is 35.7 Å². The van der Waals surface area contributed by atoms with Gasteiger partial charge in [-0.15, -0.1) is 11.3 Å². The van der Waals surface area contributed by atoms with E-state index in [1.54, 1.807) is 17.5 Å². The number of aromatic nitrogens is 1. The summed E-state index contributed by atoms with van der Waals surface area (Å²) >= 11 is 1.22. The molecule has 0 amide bonds. The molecule has 27 heavy (non-hydrogen) atoms. The van der Waals surface area contributed by atoms with Crippen molar-refractivity contribution in [2.24, 2.45) is 0 Å². The number of non-ortho nitro benzene ring substituents is 1. The Balaban J connectivity index is 1.81. The van der Waals surface area contributed by atoms with Gasteiger partial charge in [0.1, 0.15) is 16.6 Å². The molecule has 2 aromatic carbocycles. The largest absolute Gasteiger partial charge is 0.360 e. The second-order valence-electron chi connectivity index (χ2n) is 5.28. The van der Waals surface area contributed by atoms with Gasteiger partial charge in [0.25, 0.3) is 5.69 Å². The van der Waals surface area contributed by atoms with E-state index in [0.29, 0.717) is 16.3 Å². The smallest absolute Gasteiger partial charge is 0.269 e. The summed E-state index contributed by atoms with van der Waals surface area (Å²) in [5.74, 6) is -1.96. The van der Waals surface area contributed by atoms with Crippen LogP contribution in [0.15, 0.2) is 54.0 Å². The Morgan fingerprint density at radius 2 is 1.96 bits per heavy atom. The van der Waals surface area contributed by atoms with Crippen LogP contribution in [0.3, 0.4) is 0 Å². The number of anilines is 1. The molecular weight excluding hydrogens is 374 g/mol. The van der Waals surface area contributed by atoms with E-state index in [2.05, 4.69) is 10.3 Å². The first-order valence-electron chi connectivity index (χ1n) is 7.50. The van der Waals surface area contributed by atoms with E-state index in [-0.39, 0.29) is 16.9 Å². The Morgan fingerprint density at radius 3 is 2.59 bits per heavy atom. The maximum atomic E-state index is 13.2. The molecule has 0 fully saturated rings. The summed E-state index contributed by atoms with van der Waals surface area (Å²) < 4.78 is 26.2. The fraction of sp³-hybridized carbons (Fsp3) is 0. The van der Waals surface area contributed by atoms with Crippen molar-refractivity contribution in [1.29, 1.82) is 5.26 Å². The zero-order valence-corrected chi connectivity index (χ0v) is 14.3. The highest BCUT2D eigenvalue weighted by Gasteiger charge is 2.11. The first kappa shape index (κ1) is 18.2. The van der Waals surface area contributed by atoms with Crippen LogP contribution in [-0.2, 0) is 0 Å². The molecule has 0 spiro atoms. The first-order chi connectivity index (χ1) is 13.0. The maximum Gasteiger partial charge on any atom is 0.269 e. The molecule has 3 rings (SSSR count). The van der Waals surface area contributed by atoms with Gasteiger partial charge in [-0.1, -0.05) is 0 Å². The molecule has 0 saturated heterocycles. The second kappa shape index (κ2) is 7.72. The van der Waals surface area contributed by atoms with Crippen molar-refractivity contribution >= 4 is 28.3 Å². The van der Waals surface area contributed by atoms with Crippen LogP contribution in [0.2, 0.25) is 0 Å². The third-order valence-corrected chi connectivity index (χ3v) is 4.41. The molecule has 0 saturated carbocycles. The van der Waals surface area contributed by atoms with Crippen LogP contribution in [0.4, 0.5) is 20.2 Å². The molecule has 0 aliphatic rings. The van der Waals surface area contributed by atoms with Crippen LogP contribution < -0.4 is 5.32 Å². The first-order valence-corrected chi connectivity index (χ1v) is 8.38. The lowest BCUT2D eigenvalue weighted by molar-refractivity contribution is -0.384. The molecule has 134 valence electrons. The van der Waals surface area contributed by atoms with Crippen molar-refractivity contribution in [2.75, 3.05) is 5.32 Å². The van der Waals surface area contributed by atoms with Gasteiger partial charge >= 0.3 is 0 Å². The van der Waals surface area contributed by atoms with Gasteiger partial charge in [0.05, 0.1) is 10.6 Å². The van der Waals surface area contributed by atoms with Crippen molar-refractivity contribution < 1.29 is 13.7 Å². The van der Waals surface area contributed by atoms with Crippen LogP contribution in [0.1, 0.15) is 5.01 Å². The van der Waals surface area contributed by atoms with E-state index in [9.17, 15) is 24.2 Å². The molecule has 0 unspecified atom stereocenters. The fourth-order valence-corrected chi connectivity index (χ4v) is 2.96. The predicted molar refractivity (Wildman–Crippen MR) is 97.8 cm³/mol. The third kappa shape index (κ3) is 4.13. The van der Waals surface area contributed by atoms with E-state index in [1.807, 2.05) is 6.07 Å². The SMILES string of the molecule is N#CC(=CNc1ccc(F)c(F)c1)c1nc(-c2ccc([N+](=O)[O-])cc2)cs1. The maximum absolute atomic E-state index is 13.2. The monoisotopic (exact) mass is 384 g/mol. The second-order valence-corrected chi connectivity index (χ2v) is 6.14. The van der Waals surface area contributed by atoms with Gasteiger partial charge in [-0.25, -0.2) is 13.8 Å². The third-order valence-electron chi connectivity index (χ3n) is 3.53. The number of nitrogens with one attached hydrogen (secondary N) is 1. The summed E-state index contributed by atoms with van der Waals surface area (Å²) in [5.41, 5.74) is 1.71. The van der Waals surface area contributed by atoms with Crippen molar-refractivity contribution in [1.82, 2.24) is 4.98 Å². The summed E-state index contributed by atoms with van der Waals surface area (Å²) in [5, 5.41) is 24.9. The number of rotatable bonds is 5. The van der Waals surface area contributed by atoms with Gasteiger partial charge in [0, 0.05) is 41.0 Å². The Hall–Kier alpha value is -3.64. The minimum Gasteiger partial charge on any atom is -0.360 e. The van der Waals surface area contributed by atoms with Crippen molar-refractivity contribution in [3.8, 4) is 17.3 Å². The van der Waals surface area contributed by atoms with Gasteiger partial charge in [0.15, 0.2) is 11.6 Å². The summed E-state index contributed by atoms with van der Waals surface area (Å²) in [7, 11) is 0. The number of hydrogen-bond acceptors (Lipinski definition) is 6. The van der Waals surface area contributed by atoms with Gasteiger partial charge in [-0.2, -0.15) is 5.26 Å². The standard InChI is InChI=1S/C18H10F2N4O2S/c19-15-6-3-13(7-16(15)20)22-9-12(8-21)18-23-17(10-27-18)11-1-4-14(5-2-11)24(25)26/h1-7,9-10,22H. The molecular formula is C18H10F2N4O2S. The van der Waals surface area contributed by atoms with Gasteiger partial charge < -0.3 is 5.32 Å². The fourth-order valence-electron chi connectivity index (χ4n) is 2.17. The average Bonchev–Trinajstić information content (AvgIpc) is 3.15. The van der Waals surface area contributed by atoms with Crippen molar-refractivity contribution in [3.05, 3.63) is 80.8 Å². The number of halogens is 2. The lowest BCUT2D eigenvalue weighted by atomic mass is 10.1. The van der Waals surface area contributed by atoms with Gasteiger partial charge in [-0.05, 0) is 24.3 Å². The van der Waals surface area contributed by atoms with Gasteiger partial charge in [-0.3, -0.25) is 10.1 Å². The Morgan fingerprint density at radius 1 is 1.22 bits per heavy atom. The summed E-state index contributed by atoms with van der Waals surface area (Å²) in [6, 6.07) is 11.2. The zero-order chi connectivity index (χ0) is 19.4. The highest BCUT2D eigenvalue weighted by atomic mass is 32.1. The van der Waals surface area contributed by atoms with Crippen LogP contribution in [-0.4, -0.2) is 9.91 Å². The molecule has 6 nitrogen and oxygen atoms in total. The molecule has 1 heterocycles. The van der Waals surface area contributed by atoms with Crippen LogP contribution in [0.5, 0.6) is 0 Å². The number of nitro groups is 1. The lowest BCUT2D eigenvalue weighted by Crippen LogP contribution is -1.93. The average molecular weight is 384 g/mol. The van der Waals surface area contributed by atoms with Crippen LogP contribution in [0.25, 0.3) is 16.8 Å². The van der Waals surface area contributed by atoms with Crippen molar-refractivity contribution in [2.45, 2.75) is 0 Å². The zero-order valence-electron chi connectivity index (χ0n) is 13.5. The minimum absolute atomic E-state index is 0.0254. The van der Waals surface area contributed by atoms with Gasteiger partial charge in [0.2, 0.25) is 0 Å². The molecule has 1 aromatic heterocycles. The number of allylic oxidation sites excluding steroid dienone is 1. The Bertz CT molecular complexity index is 1070. The number of nitro benzene ring substituents is 1. The Labute approximate surface area is 156 Å². The number of hydrogen-bond donors (Lipinski definition) is 1. The summed E-state index contributed by atoms with van der Waals surface area (Å²) in [4.78, 5) is 14.6. The molecule has 0 atom stereocenters. The minimum atomic E-state index is -0.999. The number of benzene rings is 2. The molecule has 9 heteroatoms. The van der Waals surface area contributed by atoms with Crippen LogP contribution in [0, 0.1) is 33.1 Å². The van der Waals surface area contributed by atoms with E-state index < -0.39 is 16.6 Å². The van der Waals surface area contributed by atoms with E-state index >= 15 is 0 Å². The molecule has 1 N–H and O–H groups in total. The normalized spacial score (nSPS) is 11.1. The van der Waals surface area contributed by atoms with Crippen LogP contribution >= 0.6 is 11.3 Å². The molecule has 0 radical (unpaired) electrons. The molecule has 0 aliphatic heterocycles. The predicted octanol–water partition coefficient (Wildman–Crippen LogP) is 4.97. The Kier molecular flexibility index (Phi) is 5.19. The quantitative estimate of drug-likeness (QED) is 0.381. The highest BCUT2D eigenvalue weighted by Crippen LogP contribution is 2.27. The van der Waals surface area contributed by atoms with Crippen molar-refractivity contribution in [3.63, 3.8) is 0 Å². The van der Waals surface area contributed by atoms with E-state index in [4.69, 9.17) is 0 Å². The van der Waals surface area contributed by atoms with E-state index in [0.717, 1.165) is 12.1 Å². The topological polar surface area (TPSA) is 91.8 Å². The summed E-state index contributed by atoms with van der Waals surface area (Å²) in [6.45, 7) is 0. The number of nitrogens with zero attached hydrogens (tertiary/aromatic N) is 3. The number of thiazole rings is 1. The molecule has 0 aliphatic carbocycles. The summed E-state index contributed by atoms with van der Waals surface area (Å²) in [6.07, 6.45) is 1.35. The molecule has 0 bridgehead atoms. The molecule has 3 aromatic rings. The lowest BCUT2D eigenvalue weighted by Gasteiger charge is -2.02.